The number of esters is 1. The van der Waals surface area contributed by atoms with Crippen LogP contribution in [0.1, 0.15) is 78.6 Å². The van der Waals surface area contributed by atoms with E-state index in [-0.39, 0.29) is 12.1 Å². The zero-order valence-corrected chi connectivity index (χ0v) is 11.3. The Morgan fingerprint density at radius 3 is 2.19 bits per heavy atom. The quantitative estimate of drug-likeness (QED) is 0.407. The SMILES string of the molecule is CCCCCC(=O)OC(CCC)CCCC. The van der Waals surface area contributed by atoms with Crippen molar-refractivity contribution in [2.24, 2.45) is 0 Å². The molecule has 0 bridgehead atoms. The molecule has 0 aliphatic carbocycles. The predicted molar refractivity (Wildman–Crippen MR) is 68.5 cm³/mol. The fourth-order valence-electron chi connectivity index (χ4n) is 1.78. The lowest BCUT2D eigenvalue weighted by Crippen LogP contribution is -2.18. The molecule has 0 amide bonds. The van der Waals surface area contributed by atoms with Gasteiger partial charge < -0.3 is 4.74 Å². The van der Waals surface area contributed by atoms with Gasteiger partial charge in [0, 0.05) is 6.42 Å². The Hall–Kier alpha value is -0.530. The molecule has 0 fully saturated rings. The summed E-state index contributed by atoms with van der Waals surface area (Å²) in [6.07, 6.45) is 9.49. The monoisotopic (exact) mass is 228 g/mol. The maximum Gasteiger partial charge on any atom is 0.306 e. The van der Waals surface area contributed by atoms with Gasteiger partial charge in [-0.15, -0.1) is 0 Å². The molecule has 96 valence electrons. The topological polar surface area (TPSA) is 26.3 Å². The fraction of sp³-hybridized carbons (Fsp3) is 0.929. The van der Waals surface area contributed by atoms with E-state index < -0.39 is 0 Å². The number of hydrogen-bond acceptors (Lipinski definition) is 2. The van der Waals surface area contributed by atoms with Crippen molar-refractivity contribution in [3.63, 3.8) is 0 Å². The van der Waals surface area contributed by atoms with Gasteiger partial charge in [0.15, 0.2) is 0 Å². The Kier molecular flexibility index (Phi) is 10.6. The highest BCUT2D eigenvalue weighted by Crippen LogP contribution is 2.13. The van der Waals surface area contributed by atoms with Crippen LogP contribution >= 0.6 is 0 Å². The van der Waals surface area contributed by atoms with Crippen molar-refractivity contribution in [1.29, 1.82) is 0 Å². The van der Waals surface area contributed by atoms with Crippen molar-refractivity contribution in [2.45, 2.75) is 84.7 Å². The lowest BCUT2D eigenvalue weighted by molar-refractivity contribution is -0.149. The van der Waals surface area contributed by atoms with Gasteiger partial charge in [-0.05, 0) is 19.3 Å². The Labute approximate surface area is 101 Å². The average molecular weight is 228 g/mol. The van der Waals surface area contributed by atoms with Crippen LogP contribution in [0.5, 0.6) is 0 Å². The van der Waals surface area contributed by atoms with Crippen molar-refractivity contribution in [2.75, 3.05) is 0 Å². The molecule has 2 heteroatoms. The van der Waals surface area contributed by atoms with E-state index in [2.05, 4.69) is 20.8 Å². The van der Waals surface area contributed by atoms with Crippen molar-refractivity contribution >= 4 is 5.97 Å². The van der Waals surface area contributed by atoms with Crippen LogP contribution in [0.4, 0.5) is 0 Å². The van der Waals surface area contributed by atoms with Gasteiger partial charge in [-0.3, -0.25) is 4.79 Å². The molecule has 0 heterocycles. The van der Waals surface area contributed by atoms with Gasteiger partial charge in [-0.25, -0.2) is 0 Å². The van der Waals surface area contributed by atoms with Gasteiger partial charge in [0.1, 0.15) is 6.10 Å². The maximum atomic E-state index is 11.5. The van der Waals surface area contributed by atoms with Crippen LogP contribution in [0.25, 0.3) is 0 Å². The van der Waals surface area contributed by atoms with Gasteiger partial charge >= 0.3 is 5.97 Å². The number of rotatable bonds is 10. The van der Waals surface area contributed by atoms with Crippen LogP contribution in [0, 0.1) is 0 Å². The molecule has 16 heavy (non-hydrogen) atoms. The number of hydrogen-bond donors (Lipinski definition) is 0. The normalized spacial score (nSPS) is 12.4. The molecule has 0 spiro atoms. The average Bonchev–Trinajstić information content (AvgIpc) is 2.26. The van der Waals surface area contributed by atoms with E-state index >= 15 is 0 Å². The van der Waals surface area contributed by atoms with Crippen molar-refractivity contribution in [1.82, 2.24) is 0 Å². The first-order valence-corrected chi connectivity index (χ1v) is 6.94. The number of carbonyl (C=O) groups excluding carboxylic acids is 1. The van der Waals surface area contributed by atoms with Gasteiger partial charge in [0.25, 0.3) is 0 Å². The maximum absolute atomic E-state index is 11.5. The third kappa shape index (κ3) is 8.75. The summed E-state index contributed by atoms with van der Waals surface area (Å²) >= 11 is 0. The summed E-state index contributed by atoms with van der Waals surface area (Å²) in [7, 11) is 0. The minimum absolute atomic E-state index is 0.00278. The van der Waals surface area contributed by atoms with Gasteiger partial charge in [0.2, 0.25) is 0 Å². The van der Waals surface area contributed by atoms with E-state index in [0.717, 1.165) is 44.9 Å². The standard InChI is InChI=1S/C14H28O2/c1-4-7-9-12-14(15)16-13(10-6-3)11-8-5-2/h13H,4-12H2,1-3H3. The molecule has 0 radical (unpaired) electrons. The van der Waals surface area contributed by atoms with Gasteiger partial charge in [0.05, 0.1) is 0 Å². The predicted octanol–water partition coefficient (Wildman–Crippen LogP) is 4.47. The van der Waals surface area contributed by atoms with E-state index in [1.54, 1.807) is 0 Å². The third-order valence-electron chi connectivity index (χ3n) is 2.77. The second kappa shape index (κ2) is 11.0. The summed E-state index contributed by atoms with van der Waals surface area (Å²) in [5.41, 5.74) is 0. The highest BCUT2D eigenvalue weighted by molar-refractivity contribution is 5.69. The first-order valence-electron chi connectivity index (χ1n) is 6.94. The molecule has 1 unspecified atom stereocenters. The van der Waals surface area contributed by atoms with E-state index in [1.807, 2.05) is 0 Å². The number of ether oxygens (including phenoxy) is 1. The van der Waals surface area contributed by atoms with Crippen molar-refractivity contribution in [3.05, 3.63) is 0 Å². The van der Waals surface area contributed by atoms with Crippen molar-refractivity contribution < 1.29 is 9.53 Å². The minimum Gasteiger partial charge on any atom is -0.462 e. The lowest BCUT2D eigenvalue weighted by Gasteiger charge is -2.16. The zero-order chi connectivity index (χ0) is 12.2. The summed E-state index contributed by atoms with van der Waals surface area (Å²) < 4.78 is 5.50. The van der Waals surface area contributed by atoms with Gasteiger partial charge in [-0.1, -0.05) is 52.9 Å². The van der Waals surface area contributed by atoms with E-state index in [9.17, 15) is 4.79 Å². The Bertz CT molecular complexity index is 166. The number of unbranched alkanes of at least 4 members (excludes halogenated alkanes) is 3. The van der Waals surface area contributed by atoms with E-state index in [0.29, 0.717) is 6.42 Å². The van der Waals surface area contributed by atoms with Crippen LogP contribution in [0.15, 0.2) is 0 Å². The molecule has 0 saturated carbocycles. The molecular weight excluding hydrogens is 200 g/mol. The second-order valence-electron chi connectivity index (χ2n) is 4.50. The zero-order valence-electron chi connectivity index (χ0n) is 11.3. The fourth-order valence-corrected chi connectivity index (χ4v) is 1.78. The van der Waals surface area contributed by atoms with Crippen LogP contribution < -0.4 is 0 Å². The largest absolute Gasteiger partial charge is 0.462 e. The van der Waals surface area contributed by atoms with Crippen molar-refractivity contribution in [3.8, 4) is 0 Å². The van der Waals surface area contributed by atoms with Crippen LogP contribution in [-0.4, -0.2) is 12.1 Å². The summed E-state index contributed by atoms with van der Waals surface area (Å²) in [5.74, 6) is 0.00278. The molecule has 0 saturated heterocycles. The van der Waals surface area contributed by atoms with Crippen LogP contribution in [-0.2, 0) is 9.53 Å². The molecule has 0 aromatic heterocycles. The Morgan fingerprint density at radius 2 is 1.62 bits per heavy atom. The molecule has 0 N–H and O–H groups in total. The van der Waals surface area contributed by atoms with Crippen LogP contribution in [0.2, 0.25) is 0 Å². The molecular formula is C14H28O2. The highest BCUT2D eigenvalue weighted by Gasteiger charge is 2.12. The summed E-state index contributed by atoms with van der Waals surface area (Å²) in [4.78, 5) is 11.5. The molecule has 0 aromatic carbocycles. The first kappa shape index (κ1) is 15.5. The highest BCUT2D eigenvalue weighted by atomic mass is 16.5. The second-order valence-corrected chi connectivity index (χ2v) is 4.50. The lowest BCUT2D eigenvalue weighted by atomic mass is 10.1. The first-order chi connectivity index (χ1) is 7.74. The Balaban J connectivity index is 3.73. The van der Waals surface area contributed by atoms with Gasteiger partial charge in [-0.2, -0.15) is 0 Å². The molecule has 1 atom stereocenters. The Morgan fingerprint density at radius 1 is 0.938 bits per heavy atom. The van der Waals surface area contributed by atoms with Crippen LogP contribution in [0.3, 0.4) is 0 Å². The molecule has 0 rings (SSSR count). The van der Waals surface area contributed by atoms with E-state index in [1.165, 1.54) is 6.42 Å². The molecule has 0 aliphatic rings. The summed E-state index contributed by atoms with van der Waals surface area (Å²) in [6.45, 7) is 6.46. The summed E-state index contributed by atoms with van der Waals surface area (Å²) in [5, 5.41) is 0. The third-order valence-corrected chi connectivity index (χ3v) is 2.77. The molecule has 0 aromatic rings. The summed E-state index contributed by atoms with van der Waals surface area (Å²) in [6, 6.07) is 0. The number of carbonyl (C=O) groups is 1. The molecule has 2 nitrogen and oxygen atoms in total. The molecule has 0 aliphatic heterocycles. The smallest absolute Gasteiger partial charge is 0.306 e. The minimum atomic E-state index is 0.00278. The van der Waals surface area contributed by atoms with E-state index in [4.69, 9.17) is 4.74 Å².